The summed E-state index contributed by atoms with van der Waals surface area (Å²) in [4.78, 5) is 4.65. The van der Waals surface area contributed by atoms with Crippen molar-refractivity contribution in [1.29, 1.82) is 0 Å². The molecule has 0 spiro atoms. The van der Waals surface area contributed by atoms with Crippen LogP contribution >= 0.6 is 12.2 Å². The Labute approximate surface area is 182 Å². The lowest BCUT2D eigenvalue weighted by molar-refractivity contribution is -0.151. The number of isothiocyanates is 1. The number of rotatable bonds is 5. The van der Waals surface area contributed by atoms with E-state index in [4.69, 9.17) is 22.3 Å². The Morgan fingerprint density at radius 1 is 1.07 bits per heavy atom. The van der Waals surface area contributed by atoms with Gasteiger partial charge in [-0.2, -0.15) is 14.1 Å². The highest BCUT2D eigenvalue weighted by Crippen LogP contribution is 2.59. The lowest BCUT2D eigenvalue weighted by Gasteiger charge is -2.63. The topological polar surface area (TPSA) is 70.0 Å². The van der Waals surface area contributed by atoms with Crippen molar-refractivity contribution in [1.82, 2.24) is 0 Å². The van der Waals surface area contributed by atoms with E-state index in [0.717, 1.165) is 38.5 Å². The molecule has 3 aliphatic rings. The first-order chi connectivity index (χ1) is 13.4. The Morgan fingerprint density at radius 3 is 2.31 bits per heavy atom. The average molecular weight is 422 g/mol. The summed E-state index contributed by atoms with van der Waals surface area (Å²) in [5.41, 5.74) is -1.43. The summed E-state index contributed by atoms with van der Waals surface area (Å²) in [5, 5.41) is 23.2. The second-order valence-corrected chi connectivity index (χ2v) is 11.0. The zero-order chi connectivity index (χ0) is 21.7. The van der Waals surface area contributed by atoms with E-state index in [9.17, 15) is 5.11 Å². The van der Waals surface area contributed by atoms with Crippen LogP contribution in [0.25, 0.3) is 10.6 Å². The van der Waals surface area contributed by atoms with E-state index < -0.39 is 5.60 Å². The van der Waals surface area contributed by atoms with Crippen molar-refractivity contribution in [2.45, 2.75) is 108 Å². The van der Waals surface area contributed by atoms with Crippen LogP contribution in [0.4, 0.5) is 0 Å². The smallest absolute Gasteiger partial charge is 0.0713 e. The molecule has 5 nitrogen and oxygen atoms in total. The molecule has 1 N–H and O–H groups in total. The lowest BCUT2D eigenvalue weighted by atomic mass is 9.51. The fraction of sp³-hybridized carbons (Fsp3) is 0.957. The van der Waals surface area contributed by atoms with E-state index in [1.165, 1.54) is 0 Å². The monoisotopic (exact) mass is 421 g/mol. The van der Waals surface area contributed by atoms with Crippen molar-refractivity contribution >= 4 is 17.4 Å². The Kier molecular flexibility index (Phi) is 6.40. The molecule has 2 saturated carbocycles. The molecule has 29 heavy (non-hydrogen) atoms. The van der Waals surface area contributed by atoms with Gasteiger partial charge in [-0.1, -0.05) is 13.8 Å². The van der Waals surface area contributed by atoms with Crippen molar-refractivity contribution in [3.63, 3.8) is 0 Å². The zero-order valence-corrected chi connectivity index (χ0v) is 20.1. The number of likely N-dealkylation sites (N-methyl/N-ethyl adjacent to an activating group) is 2. The molecular formula is C23H39N3O2S-2. The van der Waals surface area contributed by atoms with E-state index >= 15 is 0 Å². The van der Waals surface area contributed by atoms with Gasteiger partial charge >= 0.3 is 0 Å². The molecule has 0 aromatic carbocycles. The number of thiocarbonyl (C=S) groups is 1. The van der Waals surface area contributed by atoms with Gasteiger partial charge in [-0.25, -0.2) is 4.99 Å². The minimum atomic E-state index is -0.791. The maximum atomic E-state index is 11.2. The van der Waals surface area contributed by atoms with Gasteiger partial charge in [0.2, 0.25) is 0 Å². The molecule has 166 valence electrons. The molecular weight excluding hydrogens is 382 g/mol. The second-order valence-electron chi connectivity index (χ2n) is 10.8. The van der Waals surface area contributed by atoms with Gasteiger partial charge in [0, 0.05) is 11.7 Å². The van der Waals surface area contributed by atoms with Gasteiger partial charge in [-0.15, -0.1) is 11.6 Å². The van der Waals surface area contributed by atoms with Crippen molar-refractivity contribution in [2.75, 3.05) is 14.1 Å². The van der Waals surface area contributed by atoms with Gasteiger partial charge in [0.25, 0.3) is 0 Å². The first-order valence-corrected chi connectivity index (χ1v) is 11.5. The lowest BCUT2D eigenvalue weighted by Crippen LogP contribution is -2.62. The summed E-state index contributed by atoms with van der Waals surface area (Å²) in [6, 6.07) is -0.116. The molecule has 0 amide bonds. The summed E-state index contributed by atoms with van der Waals surface area (Å²) in [6.07, 6.45) is 5.84. The van der Waals surface area contributed by atoms with E-state index in [0.29, 0.717) is 11.8 Å². The SMILES string of the molecule is C[N-]C1C2C(CCC1(C)O)C(C)(N=C=S)CCC2C1(C)CCC(C(C)(C)[N-]C)O1. The minimum Gasteiger partial charge on any atom is -0.660 e. The molecule has 8 atom stereocenters. The molecule has 0 aromatic rings. The molecule has 3 fully saturated rings. The van der Waals surface area contributed by atoms with Gasteiger partial charge in [-0.05, 0) is 89.3 Å². The van der Waals surface area contributed by atoms with Gasteiger partial charge in [0.15, 0.2) is 0 Å². The predicted molar refractivity (Wildman–Crippen MR) is 122 cm³/mol. The normalized spacial score (nSPS) is 48.1. The second kappa shape index (κ2) is 7.96. The van der Waals surface area contributed by atoms with E-state index in [2.05, 4.69) is 43.2 Å². The molecule has 8 unspecified atom stereocenters. The largest absolute Gasteiger partial charge is 0.660 e. The first kappa shape index (κ1) is 23.3. The number of ether oxygens (including phenoxy) is 1. The number of hydrogen-bond acceptors (Lipinski definition) is 4. The third-order valence-corrected chi connectivity index (χ3v) is 8.79. The van der Waals surface area contributed by atoms with E-state index in [1.807, 2.05) is 21.0 Å². The molecule has 1 heterocycles. The van der Waals surface area contributed by atoms with Gasteiger partial charge in [0.05, 0.1) is 16.3 Å². The van der Waals surface area contributed by atoms with Crippen LogP contribution < -0.4 is 0 Å². The summed E-state index contributed by atoms with van der Waals surface area (Å²) in [7, 11) is 3.74. The number of aliphatic hydroxyl groups is 1. The predicted octanol–water partition coefficient (Wildman–Crippen LogP) is 5.13. The quantitative estimate of drug-likeness (QED) is 0.494. The van der Waals surface area contributed by atoms with Crippen LogP contribution in [-0.2, 0) is 4.74 Å². The van der Waals surface area contributed by atoms with Crippen molar-refractivity contribution in [3.05, 3.63) is 10.6 Å². The first-order valence-electron chi connectivity index (χ1n) is 11.1. The van der Waals surface area contributed by atoms with Crippen LogP contribution in [0.2, 0.25) is 0 Å². The highest BCUT2D eigenvalue weighted by Gasteiger charge is 2.58. The maximum Gasteiger partial charge on any atom is 0.0713 e. The van der Waals surface area contributed by atoms with Gasteiger partial charge in [0.1, 0.15) is 0 Å². The van der Waals surface area contributed by atoms with Crippen LogP contribution in [-0.4, -0.2) is 58.8 Å². The van der Waals surface area contributed by atoms with Crippen molar-refractivity contribution in [2.24, 2.45) is 22.7 Å². The molecule has 1 aliphatic heterocycles. The number of aliphatic imine (C=N–C) groups is 1. The van der Waals surface area contributed by atoms with E-state index in [-0.39, 0.29) is 34.7 Å². The number of nitrogens with zero attached hydrogens (tertiary/aromatic N) is 3. The van der Waals surface area contributed by atoms with E-state index in [1.54, 1.807) is 0 Å². The molecule has 0 bridgehead atoms. The van der Waals surface area contributed by atoms with Crippen LogP contribution in [0.3, 0.4) is 0 Å². The zero-order valence-electron chi connectivity index (χ0n) is 19.2. The Balaban J connectivity index is 1.98. The summed E-state index contributed by atoms with van der Waals surface area (Å²) < 4.78 is 6.80. The van der Waals surface area contributed by atoms with Crippen molar-refractivity contribution < 1.29 is 9.84 Å². The Bertz CT molecular complexity index is 663. The molecule has 2 aliphatic carbocycles. The molecule has 0 radical (unpaired) electrons. The standard InChI is InChI=1S/C23H39N3O2S/c1-20(2,25-7)17-10-13-23(5,28-17)16-8-11-21(3,26-14-29)15-9-12-22(4,27)19(24-6)18(15)16/h15-19,27H,8-13H2,1-7H3/q-2. The van der Waals surface area contributed by atoms with Crippen LogP contribution in [0.5, 0.6) is 0 Å². The average Bonchev–Trinajstić information content (AvgIpc) is 3.05. The fourth-order valence-electron chi connectivity index (χ4n) is 6.65. The van der Waals surface area contributed by atoms with Gasteiger partial charge < -0.3 is 20.5 Å². The maximum absolute atomic E-state index is 11.2. The van der Waals surface area contributed by atoms with Crippen molar-refractivity contribution in [3.8, 4) is 0 Å². The molecule has 3 rings (SSSR count). The highest BCUT2D eigenvalue weighted by atomic mass is 32.1. The van der Waals surface area contributed by atoms with Crippen LogP contribution in [0.15, 0.2) is 4.99 Å². The summed E-state index contributed by atoms with van der Waals surface area (Å²) in [5.74, 6) is 0.882. The number of hydrogen-bond donors (Lipinski definition) is 1. The third-order valence-electron chi connectivity index (χ3n) is 8.70. The Morgan fingerprint density at radius 2 is 1.72 bits per heavy atom. The molecule has 1 saturated heterocycles. The Hall–Kier alpha value is -0.360. The van der Waals surface area contributed by atoms with Crippen LogP contribution in [0.1, 0.15) is 73.1 Å². The van der Waals surface area contributed by atoms with Gasteiger partial charge in [-0.3, -0.25) is 0 Å². The minimum absolute atomic E-state index is 0.116. The summed E-state index contributed by atoms with van der Waals surface area (Å²) >= 11 is 5.01. The third kappa shape index (κ3) is 3.97. The molecule has 6 heteroatoms. The van der Waals surface area contributed by atoms with Crippen LogP contribution in [0, 0.1) is 17.8 Å². The number of fused-ring (bicyclic) bond motifs is 1. The fourth-order valence-corrected chi connectivity index (χ4v) is 6.86. The highest BCUT2D eigenvalue weighted by molar-refractivity contribution is 7.78. The molecule has 0 aromatic heterocycles. The summed E-state index contributed by atoms with van der Waals surface area (Å²) in [6.45, 7) is 10.8.